The van der Waals surface area contributed by atoms with Crippen molar-refractivity contribution in [2.75, 3.05) is 12.4 Å². The Balaban J connectivity index is 1.83. The summed E-state index contributed by atoms with van der Waals surface area (Å²) in [6, 6.07) is 15.9. The van der Waals surface area contributed by atoms with E-state index in [2.05, 4.69) is 20.4 Å². The molecule has 0 spiro atoms. The van der Waals surface area contributed by atoms with Crippen molar-refractivity contribution in [2.45, 2.75) is 6.92 Å². The maximum Gasteiger partial charge on any atom is 0.337 e. The van der Waals surface area contributed by atoms with Crippen molar-refractivity contribution in [1.29, 1.82) is 0 Å². The number of methoxy groups -OCH3 is 1. The molecule has 2 aromatic carbocycles. The number of nitrogens with one attached hydrogen (secondary N) is 1. The minimum Gasteiger partial charge on any atom is -0.465 e. The third-order valence-electron chi connectivity index (χ3n) is 3.65. The van der Waals surface area contributed by atoms with E-state index in [1.165, 1.54) is 7.11 Å². The van der Waals surface area contributed by atoms with E-state index in [9.17, 15) is 9.59 Å². The maximum absolute atomic E-state index is 12.5. The SMILES string of the molecule is COC(=O)c1cccc(NC(=O)c2nnn(-c3ccccc3)c2C)c1. The van der Waals surface area contributed by atoms with Gasteiger partial charge in [-0.15, -0.1) is 5.10 Å². The van der Waals surface area contributed by atoms with Crippen molar-refractivity contribution >= 4 is 17.6 Å². The van der Waals surface area contributed by atoms with E-state index in [-0.39, 0.29) is 5.69 Å². The molecule has 0 saturated heterocycles. The zero-order valence-corrected chi connectivity index (χ0v) is 13.8. The van der Waals surface area contributed by atoms with Crippen molar-refractivity contribution in [3.63, 3.8) is 0 Å². The number of benzene rings is 2. The fraction of sp³-hybridized carbons (Fsp3) is 0.111. The van der Waals surface area contributed by atoms with Crippen molar-refractivity contribution in [2.24, 2.45) is 0 Å². The number of esters is 1. The zero-order chi connectivity index (χ0) is 17.8. The average molecular weight is 336 g/mol. The van der Waals surface area contributed by atoms with Crippen LogP contribution in [0.25, 0.3) is 5.69 Å². The predicted octanol–water partition coefficient (Wildman–Crippen LogP) is 2.61. The summed E-state index contributed by atoms with van der Waals surface area (Å²) in [4.78, 5) is 24.1. The van der Waals surface area contributed by atoms with Crippen LogP contribution >= 0.6 is 0 Å². The molecule has 0 aliphatic carbocycles. The number of carbonyl (C=O) groups is 2. The zero-order valence-electron chi connectivity index (χ0n) is 13.8. The van der Waals surface area contributed by atoms with E-state index >= 15 is 0 Å². The van der Waals surface area contributed by atoms with E-state index in [1.54, 1.807) is 35.9 Å². The Morgan fingerprint density at radius 3 is 2.56 bits per heavy atom. The molecule has 0 saturated carbocycles. The van der Waals surface area contributed by atoms with Crippen LogP contribution in [-0.2, 0) is 4.74 Å². The molecule has 0 unspecified atom stereocenters. The average Bonchev–Trinajstić information content (AvgIpc) is 3.03. The second-order valence-corrected chi connectivity index (χ2v) is 5.30. The molecular formula is C18H16N4O3. The molecule has 0 atom stereocenters. The van der Waals surface area contributed by atoms with E-state index < -0.39 is 11.9 Å². The maximum atomic E-state index is 12.5. The van der Waals surface area contributed by atoms with E-state index in [0.29, 0.717) is 16.9 Å². The van der Waals surface area contributed by atoms with Gasteiger partial charge in [-0.1, -0.05) is 29.5 Å². The van der Waals surface area contributed by atoms with Crippen LogP contribution in [0.1, 0.15) is 26.5 Å². The lowest BCUT2D eigenvalue weighted by atomic mass is 10.2. The molecule has 0 aliphatic heterocycles. The quantitative estimate of drug-likeness (QED) is 0.740. The normalized spacial score (nSPS) is 10.3. The van der Waals surface area contributed by atoms with Crippen LogP contribution in [0.2, 0.25) is 0 Å². The molecule has 25 heavy (non-hydrogen) atoms. The highest BCUT2D eigenvalue weighted by molar-refractivity contribution is 6.04. The number of anilines is 1. The number of aromatic nitrogens is 3. The fourth-order valence-corrected chi connectivity index (χ4v) is 2.39. The van der Waals surface area contributed by atoms with Gasteiger partial charge in [0, 0.05) is 5.69 Å². The lowest BCUT2D eigenvalue weighted by Crippen LogP contribution is -2.14. The first-order valence-electron chi connectivity index (χ1n) is 7.57. The number of amides is 1. The Bertz CT molecular complexity index is 919. The second-order valence-electron chi connectivity index (χ2n) is 5.30. The molecule has 126 valence electrons. The highest BCUT2D eigenvalue weighted by atomic mass is 16.5. The third kappa shape index (κ3) is 3.40. The number of hydrogen-bond acceptors (Lipinski definition) is 5. The lowest BCUT2D eigenvalue weighted by Gasteiger charge is -2.06. The largest absolute Gasteiger partial charge is 0.465 e. The molecule has 1 aromatic heterocycles. The number of nitrogens with zero attached hydrogens (tertiary/aromatic N) is 3. The number of carbonyl (C=O) groups excluding carboxylic acids is 2. The third-order valence-corrected chi connectivity index (χ3v) is 3.65. The Hall–Kier alpha value is -3.48. The highest BCUT2D eigenvalue weighted by Crippen LogP contribution is 2.15. The molecule has 0 fully saturated rings. The topological polar surface area (TPSA) is 86.1 Å². The van der Waals surface area contributed by atoms with Crippen LogP contribution in [0.4, 0.5) is 5.69 Å². The minimum absolute atomic E-state index is 0.215. The first-order chi connectivity index (χ1) is 12.1. The molecule has 3 rings (SSSR count). The summed E-state index contributed by atoms with van der Waals surface area (Å²) in [5.41, 5.74) is 2.48. The number of para-hydroxylation sites is 1. The van der Waals surface area contributed by atoms with Gasteiger partial charge >= 0.3 is 5.97 Å². The van der Waals surface area contributed by atoms with Crippen molar-refractivity contribution in [3.8, 4) is 5.69 Å². The molecule has 0 aliphatic rings. The Morgan fingerprint density at radius 1 is 1.08 bits per heavy atom. The molecule has 0 radical (unpaired) electrons. The summed E-state index contributed by atoms with van der Waals surface area (Å²) in [5.74, 6) is -0.871. The lowest BCUT2D eigenvalue weighted by molar-refractivity contribution is 0.0600. The minimum atomic E-state index is -0.470. The summed E-state index contributed by atoms with van der Waals surface area (Å²) < 4.78 is 6.27. The molecule has 7 nitrogen and oxygen atoms in total. The van der Waals surface area contributed by atoms with Crippen LogP contribution in [0.5, 0.6) is 0 Å². The number of hydrogen-bond donors (Lipinski definition) is 1. The van der Waals surface area contributed by atoms with Crippen LogP contribution < -0.4 is 5.32 Å². The Labute approximate surface area is 144 Å². The Morgan fingerprint density at radius 2 is 1.84 bits per heavy atom. The van der Waals surface area contributed by atoms with Crippen LogP contribution in [0.3, 0.4) is 0 Å². The van der Waals surface area contributed by atoms with Crippen LogP contribution in [0, 0.1) is 6.92 Å². The van der Waals surface area contributed by atoms with Gasteiger partial charge in [-0.2, -0.15) is 0 Å². The second kappa shape index (κ2) is 6.96. The smallest absolute Gasteiger partial charge is 0.337 e. The number of rotatable bonds is 4. The van der Waals surface area contributed by atoms with Gasteiger partial charge in [-0.3, -0.25) is 4.79 Å². The molecule has 1 heterocycles. The van der Waals surface area contributed by atoms with Gasteiger partial charge < -0.3 is 10.1 Å². The molecule has 7 heteroatoms. The summed E-state index contributed by atoms with van der Waals surface area (Å²) in [7, 11) is 1.30. The van der Waals surface area contributed by atoms with Crippen molar-refractivity contribution < 1.29 is 14.3 Å². The van der Waals surface area contributed by atoms with Gasteiger partial charge in [0.15, 0.2) is 5.69 Å². The fourth-order valence-electron chi connectivity index (χ4n) is 2.39. The Kier molecular flexibility index (Phi) is 4.56. The van der Waals surface area contributed by atoms with E-state index in [1.807, 2.05) is 30.3 Å². The van der Waals surface area contributed by atoms with E-state index in [4.69, 9.17) is 0 Å². The van der Waals surface area contributed by atoms with Gasteiger partial charge in [-0.25, -0.2) is 9.48 Å². The van der Waals surface area contributed by atoms with Crippen molar-refractivity contribution in [3.05, 3.63) is 71.5 Å². The molecule has 3 aromatic rings. The predicted molar refractivity (Wildman–Crippen MR) is 91.8 cm³/mol. The number of ether oxygens (including phenoxy) is 1. The molecule has 0 bridgehead atoms. The van der Waals surface area contributed by atoms with Gasteiger partial charge in [0.25, 0.3) is 5.91 Å². The van der Waals surface area contributed by atoms with Gasteiger partial charge in [0.05, 0.1) is 24.1 Å². The molecule has 1 N–H and O–H groups in total. The first kappa shape index (κ1) is 16.4. The highest BCUT2D eigenvalue weighted by Gasteiger charge is 2.18. The van der Waals surface area contributed by atoms with Crippen molar-refractivity contribution in [1.82, 2.24) is 15.0 Å². The summed E-state index contributed by atoms with van der Waals surface area (Å²) in [6.45, 7) is 1.77. The molecular weight excluding hydrogens is 320 g/mol. The first-order valence-corrected chi connectivity index (χ1v) is 7.57. The summed E-state index contributed by atoms with van der Waals surface area (Å²) in [6.07, 6.45) is 0. The summed E-state index contributed by atoms with van der Waals surface area (Å²) >= 11 is 0. The monoisotopic (exact) mass is 336 g/mol. The molecule has 1 amide bonds. The van der Waals surface area contributed by atoms with E-state index in [0.717, 1.165) is 5.69 Å². The van der Waals surface area contributed by atoms with Crippen LogP contribution in [-0.4, -0.2) is 34.0 Å². The van der Waals surface area contributed by atoms with Gasteiger partial charge in [0.2, 0.25) is 0 Å². The van der Waals surface area contributed by atoms with Gasteiger partial charge in [0.1, 0.15) is 0 Å². The van der Waals surface area contributed by atoms with Crippen LogP contribution in [0.15, 0.2) is 54.6 Å². The van der Waals surface area contributed by atoms with Gasteiger partial charge in [-0.05, 0) is 37.3 Å². The standard InChI is InChI=1S/C18H16N4O3/c1-12-16(20-21-22(12)15-9-4-3-5-10-15)17(23)19-14-8-6-7-13(11-14)18(24)25-2/h3-11H,1-2H3,(H,19,23). The summed E-state index contributed by atoms with van der Waals surface area (Å²) in [5, 5.41) is 10.7.